The van der Waals surface area contributed by atoms with Gasteiger partial charge in [0.25, 0.3) is 0 Å². The first kappa shape index (κ1) is 15.0. The highest BCUT2D eigenvalue weighted by Gasteiger charge is 2.09. The molecule has 0 unspecified atom stereocenters. The van der Waals surface area contributed by atoms with E-state index in [4.69, 9.17) is 0 Å². The number of nitrogens with zero attached hydrogens (tertiary/aromatic N) is 2. The van der Waals surface area contributed by atoms with Crippen molar-refractivity contribution in [3.8, 4) is 0 Å². The molecule has 2 aromatic rings. The summed E-state index contributed by atoms with van der Waals surface area (Å²) in [5.41, 5.74) is 6.08. The molecule has 0 aromatic heterocycles. The normalized spacial score (nSPS) is 10.2. The van der Waals surface area contributed by atoms with Crippen LogP contribution < -0.4 is 11.1 Å². The summed E-state index contributed by atoms with van der Waals surface area (Å²) in [6, 6.07) is 15.8. The molecule has 0 aliphatic rings. The molecule has 0 aliphatic heterocycles. The van der Waals surface area contributed by atoms with Crippen molar-refractivity contribution in [1.29, 1.82) is 0 Å². The summed E-state index contributed by atoms with van der Waals surface area (Å²) in [5, 5.41) is 10.4. The van der Waals surface area contributed by atoms with Gasteiger partial charge in [-0.3, -0.25) is 5.32 Å². The Morgan fingerprint density at radius 2 is 1.59 bits per heavy atom. The molecule has 3 N–H and O–H groups in total. The second-order valence-electron chi connectivity index (χ2n) is 3.95. The first-order chi connectivity index (χ1) is 10.6. The molecule has 0 saturated carbocycles. The lowest BCUT2D eigenvalue weighted by Crippen LogP contribution is -2.20. The molecular weight excluding hydrogens is 288 g/mol. The third kappa shape index (κ3) is 4.60. The average molecular weight is 300 g/mol. The number of azo groups is 1. The van der Waals surface area contributed by atoms with Crippen molar-refractivity contribution in [2.75, 3.05) is 5.32 Å². The Labute approximate surface area is 125 Å². The maximum absolute atomic E-state index is 11.4. The Balaban J connectivity index is 2.08. The first-order valence-electron chi connectivity index (χ1n) is 6.16. The Kier molecular flexibility index (Phi) is 5.03. The SMILES string of the molecule is NC(=O)OOC(=O)Nc1ccccc1N=Nc1ccccc1. The van der Waals surface area contributed by atoms with Crippen molar-refractivity contribution in [1.82, 2.24) is 0 Å². The minimum absolute atomic E-state index is 0.334. The number of nitrogens with one attached hydrogen (secondary N) is 1. The highest BCUT2D eigenvalue weighted by atomic mass is 17.2. The number of anilines is 1. The average Bonchev–Trinajstić information content (AvgIpc) is 2.53. The third-order valence-electron chi connectivity index (χ3n) is 2.37. The Morgan fingerprint density at radius 3 is 2.32 bits per heavy atom. The monoisotopic (exact) mass is 300 g/mol. The quantitative estimate of drug-likeness (QED) is 0.511. The van der Waals surface area contributed by atoms with E-state index in [1.165, 1.54) is 0 Å². The van der Waals surface area contributed by atoms with E-state index in [0.717, 1.165) is 0 Å². The molecule has 0 aliphatic carbocycles. The topological polar surface area (TPSA) is 115 Å². The van der Waals surface area contributed by atoms with E-state index < -0.39 is 12.2 Å². The maximum Gasteiger partial charge on any atom is 0.455 e. The van der Waals surface area contributed by atoms with Crippen LogP contribution in [0, 0.1) is 0 Å². The van der Waals surface area contributed by atoms with Crippen LogP contribution in [0.1, 0.15) is 0 Å². The smallest absolute Gasteiger partial charge is 0.332 e. The number of amides is 2. The lowest BCUT2D eigenvalue weighted by molar-refractivity contribution is -0.170. The molecule has 8 nitrogen and oxygen atoms in total. The summed E-state index contributed by atoms with van der Waals surface area (Å²) in [5.74, 6) is 0. The number of para-hydroxylation sites is 1. The van der Waals surface area contributed by atoms with Gasteiger partial charge in [0.1, 0.15) is 5.69 Å². The molecule has 0 fully saturated rings. The van der Waals surface area contributed by atoms with Crippen molar-refractivity contribution < 1.29 is 19.4 Å². The van der Waals surface area contributed by atoms with Crippen LogP contribution in [0.4, 0.5) is 26.7 Å². The van der Waals surface area contributed by atoms with E-state index in [1.807, 2.05) is 18.2 Å². The molecule has 0 radical (unpaired) electrons. The predicted molar refractivity (Wildman–Crippen MR) is 77.8 cm³/mol. The fraction of sp³-hybridized carbons (Fsp3) is 0. The number of carbonyl (C=O) groups is 2. The van der Waals surface area contributed by atoms with Crippen molar-refractivity contribution >= 4 is 29.2 Å². The molecule has 2 amide bonds. The van der Waals surface area contributed by atoms with Crippen molar-refractivity contribution in [3.05, 3.63) is 54.6 Å². The second kappa shape index (κ2) is 7.39. The number of benzene rings is 2. The van der Waals surface area contributed by atoms with Gasteiger partial charge in [0.05, 0.1) is 11.4 Å². The molecule has 112 valence electrons. The highest BCUT2D eigenvalue weighted by molar-refractivity contribution is 5.88. The van der Waals surface area contributed by atoms with Crippen molar-refractivity contribution in [3.63, 3.8) is 0 Å². The van der Waals surface area contributed by atoms with Crippen LogP contribution in [-0.4, -0.2) is 12.2 Å². The lowest BCUT2D eigenvalue weighted by Gasteiger charge is -2.06. The van der Waals surface area contributed by atoms with Gasteiger partial charge in [0.15, 0.2) is 0 Å². The van der Waals surface area contributed by atoms with Gasteiger partial charge in [-0.2, -0.15) is 5.11 Å². The van der Waals surface area contributed by atoms with Gasteiger partial charge in [-0.25, -0.2) is 19.4 Å². The molecule has 0 bridgehead atoms. The second-order valence-corrected chi connectivity index (χ2v) is 3.95. The molecule has 8 heteroatoms. The zero-order valence-electron chi connectivity index (χ0n) is 11.3. The number of rotatable bonds is 3. The van der Waals surface area contributed by atoms with E-state index in [-0.39, 0.29) is 0 Å². The van der Waals surface area contributed by atoms with Gasteiger partial charge in [-0.15, -0.1) is 5.11 Å². The number of carbonyl (C=O) groups excluding carboxylic acids is 2. The maximum atomic E-state index is 11.4. The van der Waals surface area contributed by atoms with Gasteiger partial charge in [0, 0.05) is 0 Å². The lowest BCUT2D eigenvalue weighted by atomic mass is 10.3. The molecule has 0 saturated heterocycles. The Hall–Kier alpha value is -3.42. The van der Waals surface area contributed by atoms with Gasteiger partial charge in [-0.05, 0) is 24.3 Å². The summed E-state index contributed by atoms with van der Waals surface area (Å²) in [6.07, 6.45) is -2.24. The molecular formula is C14H12N4O4. The zero-order chi connectivity index (χ0) is 15.8. The van der Waals surface area contributed by atoms with Gasteiger partial charge < -0.3 is 5.73 Å². The number of nitrogens with two attached hydrogens (primary N) is 1. The summed E-state index contributed by atoms with van der Waals surface area (Å²) in [7, 11) is 0. The minimum Gasteiger partial charge on any atom is -0.332 e. The van der Waals surface area contributed by atoms with Crippen LogP contribution >= 0.6 is 0 Å². The van der Waals surface area contributed by atoms with Crippen LogP contribution in [0.2, 0.25) is 0 Å². The number of hydrogen-bond donors (Lipinski definition) is 2. The van der Waals surface area contributed by atoms with Crippen LogP contribution in [0.25, 0.3) is 0 Å². The molecule has 22 heavy (non-hydrogen) atoms. The zero-order valence-corrected chi connectivity index (χ0v) is 11.3. The molecule has 2 rings (SSSR count). The Morgan fingerprint density at radius 1 is 0.909 bits per heavy atom. The Bertz CT molecular complexity index is 688. The summed E-state index contributed by atoms with van der Waals surface area (Å²) >= 11 is 0. The molecule has 2 aromatic carbocycles. The van der Waals surface area contributed by atoms with Crippen LogP contribution in [-0.2, 0) is 9.78 Å². The largest absolute Gasteiger partial charge is 0.455 e. The minimum atomic E-state index is -1.23. The number of hydrogen-bond acceptors (Lipinski definition) is 6. The summed E-state index contributed by atoms with van der Waals surface area (Å²) in [6.45, 7) is 0. The van der Waals surface area contributed by atoms with Crippen LogP contribution in [0.5, 0.6) is 0 Å². The van der Waals surface area contributed by atoms with E-state index in [0.29, 0.717) is 17.1 Å². The highest BCUT2D eigenvalue weighted by Crippen LogP contribution is 2.26. The molecule has 0 spiro atoms. The van der Waals surface area contributed by atoms with Gasteiger partial charge in [0.2, 0.25) is 0 Å². The molecule has 0 heterocycles. The van der Waals surface area contributed by atoms with E-state index in [2.05, 4.69) is 31.1 Å². The van der Waals surface area contributed by atoms with Crippen molar-refractivity contribution in [2.24, 2.45) is 16.0 Å². The van der Waals surface area contributed by atoms with Crippen LogP contribution in [0.15, 0.2) is 64.8 Å². The van der Waals surface area contributed by atoms with Gasteiger partial charge >= 0.3 is 12.2 Å². The van der Waals surface area contributed by atoms with Crippen molar-refractivity contribution in [2.45, 2.75) is 0 Å². The fourth-order valence-electron chi connectivity index (χ4n) is 1.48. The van der Waals surface area contributed by atoms with E-state index >= 15 is 0 Å². The van der Waals surface area contributed by atoms with E-state index in [9.17, 15) is 9.59 Å². The van der Waals surface area contributed by atoms with E-state index in [1.54, 1.807) is 36.4 Å². The standard InChI is InChI=1S/C14H12N4O4/c15-13(19)21-22-14(20)16-11-8-4-5-9-12(11)18-17-10-6-2-1-3-7-10/h1-9H,(H2,15,19)(H,16,20). The fourth-order valence-corrected chi connectivity index (χ4v) is 1.48. The summed E-state index contributed by atoms with van der Waals surface area (Å²) in [4.78, 5) is 29.8. The van der Waals surface area contributed by atoms with Crippen LogP contribution in [0.3, 0.4) is 0 Å². The predicted octanol–water partition coefficient (Wildman–Crippen LogP) is 3.66. The molecule has 0 atom stereocenters. The first-order valence-corrected chi connectivity index (χ1v) is 6.16. The van der Waals surface area contributed by atoms with Gasteiger partial charge in [-0.1, -0.05) is 30.3 Å². The number of primary amides is 1. The third-order valence-corrected chi connectivity index (χ3v) is 2.37. The summed E-state index contributed by atoms with van der Waals surface area (Å²) < 4.78 is 0.